The fourth-order valence-corrected chi connectivity index (χ4v) is 1.83. The topological polar surface area (TPSA) is 80.0 Å². The average Bonchev–Trinajstić information content (AvgIpc) is 2.93. The number of hydrogen-bond donors (Lipinski definition) is 2. The molecule has 2 aromatic rings. The molecule has 1 aromatic carbocycles. The molecule has 1 amide bonds. The molecular weight excluding hydrogens is 268 g/mol. The van der Waals surface area contributed by atoms with E-state index in [-0.39, 0.29) is 24.5 Å². The molecule has 1 aromatic heterocycles. The van der Waals surface area contributed by atoms with Gasteiger partial charge in [0, 0.05) is 30.8 Å². The number of aliphatic hydroxyl groups excluding tert-OH is 1. The molecule has 0 saturated heterocycles. The zero-order chi connectivity index (χ0) is 15.4. The van der Waals surface area contributed by atoms with E-state index in [1.54, 1.807) is 23.1 Å². The van der Waals surface area contributed by atoms with Gasteiger partial charge in [0.25, 0.3) is 5.91 Å². The molecule has 2 rings (SSSR count). The van der Waals surface area contributed by atoms with E-state index in [0.717, 1.165) is 5.56 Å². The molecule has 1 heterocycles. The third-order valence-electron chi connectivity index (χ3n) is 3.51. The van der Waals surface area contributed by atoms with Crippen molar-refractivity contribution in [2.75, 3.05) is 6.61 Å². The molecule has 6 heteroatoms. The minimum Gasteiger partial charge on any atom is -0.396 e. The van der Waals surface area contributed by atoms with Crippen molar-refractivity contribution in [3.63, 3.8) is 0 Å². The maximum Gasteiger partial charge on any atom is 0.251 e. The largest absolute Gasteiger partial charge is 0.396 e. The predicted molar refractivity (Wildman–Crippen MR) is 79.6 cm³/mol. The number of nitrogens with one attached hydrogen (secondary N) is 1. The van der Waals surface area contributed by atoms with Crippen LogP contribution in [0.5, 0.6) is 0 Å². The Bertz CT molecular complexity index is 606. The van der Waals surface area contributed by atoms with Crippen molar-refractivity contribution in [1.82, 2.24) is 20.1 Å². The lowest BCUT2D eigenvalue weighted by atomic mass is 10.0. The zero-order valence-electron chi connectivity index (χ0n) is 12.4. The van der Waals surface area contributed by atoms with Gasteiger partial charge in [-0.1, -0.05) is 19.1 Å². The van der Waals surface area contributed by atoms with Gasteiger partial charge in [0.05, 0.1) is 0 Å². The summed E-state index contributed by atoms with van der Waals surface area (Å²) in [6.07, 6.45) is 1.63. The van der Waals surface area contributed by atoms with Crippen LogP contribution >= 0.6 is 0 Å². The lowest BCUT2D eigenvalue weighted by Crippen LogP contribution is -2.38. The minimum atomic E-state index is -0.150. The number of benzene rings is 1. The summed E-state index contributed by atoms with van der Waals surface area (Å²) >= 11 is 0. The maximum absolute atomic E-state index is 12.1. The van der Waals surface area contributed by atoms with Crippen molar-refractivity contribution < 1.29 is 9.90 Å². The highest BCUT2D eigenvalue weighted by molar-refractivity contribution is 5.94. The van der Waals surface area contributed by atoms with Gasteiger partial charge in [0.15, 0.2) is 5.82 Å². The molecule has 0 fully saturated rings. The summed E-state index contributed by atoms with van der Waals surface area (Å²) in [6.45, 7) is 3.82. The Hall–Kier alpha value is -2.21. The van der Waals surface area contributed by atoms with Gasteiger partial charge in [-0.15, -0.1) is 0 Å². The van der Waals surface area contributed by atoms with E-state index in [4.69, 9.17) is 5.11 Å². The first-order valence-electron chi connectivity index (χ1n) is 6.89. The smallest absolute Gasteiger partial charge is 0.251 e. The highest BCUT2D eigenvalue weighted by atomic mass is 16.3. The monoisotopic (exact) mass is 288 g/mol. The van der Waals surface area contributed by atoms with Crippen LogP contribution in [0.15, 0.2) is 30.6 Å². The van der Waals surface area contributed by atoms with Crippen LogP contribution in [-0.2, 0) is 7.05 Å². The zero-order valence-corrected chi connectivity index (χ0v) is 12.4. The van der Waals surface area contributed by atoms with E-state index in [2.05, 4.69) is 15.4 Å². The van der Waals surface area contributed by atoms with Crippen molar-refractivity contribution in [1.29, 1.82) is 0 Å². The van der Waals surface area contributed by atoms with Crippen LogP contribution in [0.2, 0.25) is 0 Å². The lowest BCUT2D eigenvalue weighted by molar-refractivity contribution is 0.0916. The predicted octanol–water partition coefficient (Wildman–Crippen LogP) is 1.23. The van der Waals surface area contributed by atoms with E-state index in [1.165, 1.54) is 0 Å². The van der Waals surface area contributed by atoms with Crippen molar-refractivity contribution in [2.45, 2.75) is 19.9 Å². The Morgan fingerprint density at radius 2 is 2.00 bits per heavy atom. The van der Waals surface area contributed by atoms with Gasteiger partial charge in [0.2, 0.25) is 0 Å². The number of carbonyl (C=O) groups is 1. The maximum atomic E-state index is 12.1. The number of aliphatic hydroxyl groups is 1. The Labute approximate surface area is 123 Å². The van der Waals surface area contributed by atoms with Crippen molar-refractivity contribution in [3.05, 3.63) is 36.2 Å². The number of aryl methyl sites for hydroxylation is 1. The van der Waals surface area contributed by atoms with E-state index in [1.807, 2.05) is 33.0 Å². The first-order valence-corrected chi connectivity index (χ1v) is 6.89. The third kappa shape index (κ3) is 3.66. The molecule has 2 unspecified atom stereocenters. The van der Waals surface area contributed by atoms with Gasteiger partial charge in [-0.3, -0.25) is 9.48 Å². The summed E-state index contributed by atoms with van der Waals surface area (Å²) in [5.41, 5.74) is 1.44. The number of carbonyl (C=O) groups excluding carboxylic acids is 1. The summed E-state index contributed by atoms with van der Waals surface area (Å²) < 4.78 is 1.63. The molecular formula is C15H20N4O2. The van der Waals surface area contributed by atoms with Gasteiger partial charge < -0.3 is 10.4 Å². The van der Waals surface area contributed by atoms with Crippen LogP contribution in [0.25, 0.3) is 11.4 Å². The Balaban J connectivity index is 2.06. The molecule has 112 valence electrons. The van der Waals surface area contributed by atoms with Crippen LogP contribution in [0.4, 0.5) is 0 Å². The van der Waals surface area contributed by atoms with Crippen LogP contribution < -0.4 is 5.32 Å². The fourth-order valence-electron chi connectivity index (χ4n) is 1.83. The fraction of sp³-hybridized carbons (Fsp3) is 0.400. The van der Waals surface area contributed by atoms with E-state index >= 15 is 0 Å². The van der Waals surface area contributed by atoms with Gasteiger partial charge in [-0.05, 0) is 25.0 Å². The summed E-state index contributed by atoms with van der Waals surface area (Å²) in [4.78, 5) is 16.3. The molecule has 0 bridgehead atoms. The second-order valence-electron chi connectivity index (χ2n) is 5.24. The Morgan fingerprint density at radius 1 is 1.33 bits per heavy atom. The number of amides is 1. The molecule has 6 nitrogen and oxygen atoms in total. The second-order valence-corrected chi connectivity index (χ2v) is 5.24. The average molecular weight is 288 g/mol. The van der Waals surface area contributed by atoms with E-state index in [0.29, 0.717) is 11.4 Å². The highest BCUT2D eigenvalue weighted by Crippen LogP contribution is 2.15. The molecule has 2 N–H and O–H groups in total. The van der Waals surface area contributed by atoms with Gasteiger partial charge in [-0.25, -0.2) is 4.98 Å². The SMILES string of the molecule is CC(CO)C(C)NC(=O)c1ccc(-c2ncn(C)n2)cc1. The summed E-state index contributed by atoms with van der Waals surface area (Å²) in [6, 6.07) is 7.06. The molecule has 0 aliphatic carbocycles. The van der Waals surface area contributed by atoms with E-state index in [9.17, 15) is 4.79 Å². The van der Waals surface area contributed by atoms with Crippen molar-refractivity contribution >= 4 is 5.91 Å². The van der Waals surface area contributed by atoms with Gasteiger partial charge in [0.1, 0.15) is 6.33 Å². The second kappa shape index (κ2) is 6.49. The summed E-state index contributed by atoms with van der Waals surface area (Å²) in [5, 5.41) is 16.2. The lowest BCUT2D eigenvalue weighted by Gasteiger charge is -2.19. The third-order valence-corrected chi connectivity index (χ3v) is 3.51. The highest BCUT2D eigenvalue weighted by Gasteiger charge is 2.15. The van der Waals surface area contributed by atoms with Crippen LogP contribution in [0.1, 0.15) is 24.2 Å². The first kappa shape index (κ1) is 15.2. The Morgan fingerprint density at radius 3 is 2.52 bits per heavy atom. The molecule has 2 atom stereocenters. The standard InChI is InChI=1S/C15H20N4O2/c1-10(8-20)11(2)17-15(21)13-6-4-12(5-7-13)14-16-9-19(3)18-14/h4-7,9-11,20H,8H2,1-3H3,(H,17,21). The number of nitrogens with zero attached hydrogens (tertiary/aromatic N) is 3. The van der Waals surface area contributed by atoms with E-state index < -0.39 is 0 Å². The van der Waals surface area contributed by atoms with Crippen LogP contribution in [0, 0.1) is 5.92 Å². The Kier molecular flexibility index (Phi) is 4.70. The van der Waals surface area contributed by atoms with Gasteiger partial charge in [-0.2, -0.15) is 5.10 Å². The quantitative estimate of drug-likeness (QED) is 0.867. The van der Waals surface area contributed by atoms with Crippen LogP contribution in [-0.4, -0.2) is 38.4 Å². The number of aromatic nitrogens is 3. The number of hydrogen-bond acceptors (Lipinski definition) is 4. The first-order chi connectivity index (χ1) is 10.0. The molecule has 0 aliphatic rings. The van der Waals surface area contributed by atoms with Gasteiger partial charge >= 0.3 is 0 Å². The minimum absolute atomic E-state index is 0.0194. The number of rotatable bonds is 5. The molecule has 0 radical (unpaired) electrons. The summed E-state index contributed by atoms with van der Waals surface area (Å²) in [5.74, 6) is 0.501. The molecule has 0 saturated carbocycles. The molecule has 0 aliphatic heterocycles. The normalized spacial score (nSPS) is 13.7. The molecule has 0 spiro atoms. The van der Waals surface area contributed by atoms with Crippen molar-refractivity contribution in [2.24, 2.45) is 13.0 Å². The van der Waals surface area contributed by atoms with Crippen LogP contribution in [0.3, 0.4) is 0 Å². The van der Waals surface area contributed by atoms with Crippen molar-refractivity contribution in [3.8, 4) is 11.4 Å². The molecule has 21 heavy (non-hydrogen) atoms. The summed E-state index contributed by atoms with van der Waals surface area (Å²) in [7, 11) is 1.81.